The van der Waals surface area contributed by atoms with Crippen LogP contribution >= 0.6 is 19.0 Å². The summed E-state index contributed by atoms with van der Waals surface area (Å²) in [7, 11) is -3.98. The third-order valence-corrected chi connectivity index (χ3v) is 4.50. The van der Waals surface area contributed by atoms with E-state index in [1.54, 1.807) is 0 Å². The minimum absolute atomic E-state index is 0.0619. The molecular weight excluding hydrogens is 402 g/mol. The minimum atomic E-state index is -4.89. The fourth-order valence-electron chi connectivity index (χ4n) is 1.94. The number of ether oxygens (including phenoxy) is 2. The lowest BCUT2D eigenvalue weighted by molar-refractivity contribution is -0.383. The van der Waals surface area contributed by atoms with Crippen LogP contribution in [0.25, 0.3) is 0 Å². The van der Waals surface area contributed by atoms with Crippen LogP contribution in [0.2, 0.25) is 5.02 Å². The van der Waals surface area contributed by atoms with Crippen LogP contribution < -0.4 is 14.8 Å². The van der Waals surface area contributed by atoms with Crippen LogP contribution in [0.3, 0.4) is 0 Å². The SMILES string of the molecule is CP(=O)(O)c1cc(Oc2ccc(OC(F)(F)F)cc2Cl)ccc1[N+](=O)[O-]. The summed E-state index contributed by atoms with van der Waals surface area (Å²) in [6.45, 7) is 0.926. The van der Waals surface area contributed by atoms with E-state index in [9.17, 15) is 32.7 Å². The molecule has 0 fully saturated rings. The van der Waals surface area contributed by atoms with Crippen molar-refractivity contribution in [2.24, 2.45) is 0 Å². The highest BCUT2D eigenvalue weighted by atomic mass is 35.5. The van der Waals surface area contributed by atoms with Gasteiger partial charge in [0.05, 0.1) is 9.95 Å². The van der Waals surface area contributed by atoms with Crippen LogP contribution in [-0.4, -0.2) is 22.8 Å². The van der Waals surface area contributed by atoms with Crippen LogP contribution in [0.1, 0.15) is 0 Å². The molecule has 140 valence electrons. The van der Waals surface area contributed by atoms with Crippen molar-refractivity contribution < 1.29 is 37.0 Å². The molecule has 2 rings (SSSR count). The maximum atomic E-state index is 12.2. The Morgan fingerprint density at radius 1 is 1.19 bits per heavy atom. The standard InChI is InChI=1S/C14H10ClF3NO6P/c1-26(22,23)13-7-8(2-4-11(13)19(20)21)24-12-5-3-9(6-10(12)15)25-14(16,17)18/h2-7H,1H3,(H,22,23). The molecule has 0 spiro atoms. The zero-order valence-corrected chi connectivity index (χ0v) is 14.5. The Morgan fingerprint density at radius 3 is 2.31 bits per heavy atom. The second-order valence-electron chi connectivity index (χ2n) is 5.03. The molecule has 0 amide bonds. The summed E-state index contributed by atoms with van der Waals surface area (Å²) in [4.78, 5) is 19.8. The van der Waals surface area contributed by atoms with E-state index in [1.165, 1.54) is 0 Å². The average Bonchev–Trinajstić information content (AvgIpc) is 2.47. The van der Waals surface area contributed by atoms with Gasteiger partial charge in [0.1, 0.15) is 22.6 Å². The maximum Gasteiger partial charge on any atom is 0.573 e. The molecule has 0 radical (unpaired) electrons. The van der Waals surface area contributed by atoms with Crippen molar-refractivity contribution in [3.63, 3.8) is 0 Å². The molecule has 0 saturated carbocycles. The van der Waals surface area contributed by atoms with Crippen LogP contribution in [0, 0.1) is 10.1 Å². The summed E-state index contributed by atoms with van der Waals surface area (Å²) in [5.74, 6) is -0.703. The number of nitro benzene ring substituents is 1. The number of hydrogen-bond acceptors (Lipinski definition) is 5. The third-order valence-electron chi connectivity index (χ3n) is 2.96. The molecule has 12 heteroatoms. The van der Waals surface area contributed by atoms with Gasteiger partial charge in [-0.3, -0.25) is 14.7 Å². The van der Waals surface area contributed by atoms with Gasteiger partial charge in [-0.25, -0.2) is 0 Å². The summed E-state index contributed by atoms with van der Waals surface area (Å²) in [6, 6.07) is 6.05. The van der Waals surface area contributed by atoms with Crippen molar-refractivity contribution in [2.45, 2.75) is 6.36 Å². The van der Waals surface area contributed by atoms with E-state index in [-0.39, 0.29) is 16.5 Å². The van der Waals surface area contributed by atoms with Crippen molar-refractivity contribution in [2.75, 3.05) is 6.66 Å². The molecule has 0 aliphatic rings. The van der Waals surface area contributed by atoms with Crippen LogP contribution in [0.15, 0.2) is 36.4 Å². The molecule has 7 nitrogen and oxygen atoms in total. The molecule has 0 bridgehead atoms. The van der Waals surface area contributed by atoms with Crippen LogP contribution in [0.5, 0.6) is 17.2 Å². The van der Waals surface area contributed by atoms with Crippen molar-refractivity contribution in [1.82, 2.24) is 0 Å². The fourth-order valence-corrected chi connectivity index (χ4v) is 3.10. The van der Waals surface area contributed by atoms with Gasteiger partial charge in [0.2, 0.25) is 7.37 Å². The summed E-state index contributed by atoms with van der Waals surface area (Å²) in [6.07, 6.45) is -4.89. The average molecular weight is 412 g/mol. The fraction of sp³-hybridized carbons (Fsp3) is 0.143. The topological polar surface area (TPSA) is 98.9 Å². The van der Waals surface area contributed by atoms with Crippen molar-refractivity contribution >= 4 is 30.0 Å². The predicted octanol–water partition coefficient (Wildman–Crippen LogP) is 4.46. The minimum Gasteiger partial charge on any atom is -0.456 e. The van der Waals surface area contributed by atoms with Gasteiger partial charge in [0.25, 0.3) is 5.69 Å². The van der Waals surface area contributed by atoms with Gasteiger partial charge in [-0.15, -0.1) is 13.2 Å². The van der Waals surface area contributed by atoms with E-state index in [1.807, 2.05) is 0 Å². The van der Waals surface area contributed by atoms with Crippen LogP contribution in [0.4, 0.5) is 18.9 Å². The molecule has 0 aliphatic heterocycles. The van der Waals surface area contributed by atoms with Gasteiger partial charge in [-0.1, -0.05) is 11.6 Å². The Bertz CT molecular complexity index is 899. The molecular formula is C14H10ClF3NO6P. The van der Waals surface area contributed by atoms with Gasteiger partial charge in [0.15, 0.2) is 0 Å². The number of alkyl halides is 3. The molecule has 26 heavy (non-hydrogen) atoms. The first-order chi connectivity index (χ1) is 11.9. The molecule has 0 aromatic heterocycles. The quantitative estimate of drug-likeness (QED) is 0.443. The summed E-state index contributed by atoms with van der Waals surface area (Å²) in [5.41, 5.74) is -0.564. The third kappa shape index (κ3) is 5.10. The zero-order chi connectivity index (χ0) is 19.7. The van der Waals surface area contributed by atoms with E-state index in [2.05, 4.69) is 4.74 Å². The summed E-state index contributed by atoms with van der Waals surface area (Å²) >= 11 is 5.83. The predicted molar refractivity (Wildman–Crippen MR) is 86.7 cm³/mol. The highest BCUT2D eigenvalue weighted by Gasteiger charge is 2.31. The Balaban J connectivity index is 2.34. The van der Waals surface area contributed by atoms with Gasteiger partial charge in [0, 0.05) is 24.9 Å². The number of benzene rings is 2. The second-order valence-corrected chi connectivity index (χ2v) is 7.68. The van der Waals surface area contributed by atoms with Gasteiger partial charge in [-0.05, 0) is 18.2 Å². The number of rotatable bonds is 5. The smallest absolute Gasteiger partial charge is 0.456 e. The highest BCUT2D eigenvalue weighted by molar-refractivity contribution is 7.65. The van der Waals surface area contributed by atoms with Crippen molar-refractivity contribution in [1.29, 1.82) is 0 Å². The molecule has 1 atom stereocenters. The molecule has 2 aromatic rings. The Hall–Kier alpha value is -2.29. The molecule has 2 aromatic carbocycles. The monoisotopic (exact) mass is 411 g/mol. The summed E-state index contributed by atoms with van der Waals surface area (Å²) < 4.78 is 57.4. The molecule has 0 aliphatic carbocycles. The molecule has 0 heterocycles. The highest BCUT2D eigenvalue weighted by Crippen LogP contribution is 2.40. The van der Waals surface area contributed by atoms with E-state index in [0.717, 1.165) is 43.1 Å². The summed E-state index contributed by atoms with van der Waals surface area (Å²) in [5, 5.41) is 10.3. The van der Waals surface area contributed by atoms with E-state index in [4.69, 9.17) is 16.3 Å². The molecule has 1 N–H and O–H groups in total. The van der Waals surface area contributed by atoms with Crippen LogP contribution in [-0.2, 0) is 4.57 Å². The second kappa shape index (κ2) is 7.14. The number of halogens is 4. The van der Waals surface area contributed by atoms with E-state index >= 15 is 0 Å². The van der Waals surface area contributed by atoms with E-state index in [0.29, 0.717) is 0 Å². The number of hydrogen-bond donors (Lipinski definition) is 1. The first-order valence-electron chi connectivity index (χ1n) is 6.69. The van der Waals surface area contributed by atoms with Crippen molar-refractivity contribution in [3.05, 3.63) is 51.5 Å². The Labute approximate surface area is 149 Å². The largest absolute Gasteiger partial charge is 0.573 e. The molecule has 0 saturated heterocycles. The maximum absolute atomic E-state index is 12.2. The lowest BCUT2D eigenvalue weighted by Gasteiger charge is -2.13. The van der Waals surface area contributed by atoms with Gasteiger partial charge in [-0.2, -0.15) is 0 Å². The van der Waals surface area contributed by atoms with Gasteiger partial charge >= 0.3 is 6.36 Å². The lowest BCUT2D eigenvalue weighted by atomic mass is 10.3. The van der Waals surface area contributed by atoms with Crippen molar-refractivity contribution in [3.8, 4) is 17.2 Å². The van der Waals surface area contributed by atoms with E-state index < -0.39 is 35.4 Å². The lowest BCUT2D eigenvalue weighted by Crippen LogP contribution is -2.17. The first-order valence-corrected chi connectivity index (χ1v) is 9.18. The van der Waals surface area contributed by atoms with Gasteiger partial charge < -0.3 is 14.4 Å². The zero-order valence-electron chi connectivity index (χ0n) is 12.9. The Kier molecular flexibility index (Phi) is 5.50. The first kappa shape index (κ1) is 20.0. The Morgan fingerprint density at radius 2 is 1.81 bits per heavy atom. The molecule has 1 unspecified atom stereocenters. The normalized spacial score (nSPS) is 13.8. The number of nitrogens with zero attached hydrogens (tertiary/aromatic N) is 1. The number of nitro groups is 1.